The minimum absolute atomic E-state index is 0.00694. The second-order valence-electron chi connectivity index (χ2n) is 32.6. The van der Waals surface area contributed by atoms with Crippen LogP contribution in [0.3, 0.4) is 0 Å². The molecule has 720 valence electrons. The molecule has 5 fully saturated rings. The highest BCUT2D eigenvalue weighted by Crippen LogP contribution is 2.43. The van der Waals surface area contributed by atoms with Gasteiger partial charge in [-0.25, -0.2) is 4.57 Å². The van der Waals surface area contributed by atoms with E-state index in [2.05, 4.69) is 59.4 Å². The normalized spacial score (nSPS) is 31.1. The smallest absolute Gasteiger partial charge is 0.462 e. The van der Waals surface area contributed by atoms with Gasteiger partial charge in [0.25, 0.3) is 0 Å². The Morgan fingerprint density at radius 1 is 0.387 bits per heavy atom. The molecule has 4 amide bonds. The molecule has 18 N–H and O–H groups in total. The number of aliphatic hydroxyl groups is 13. The van der Waals surface area contributed by atoms with Crippen molar-refractivity contribution < 1.29 is 171 Å². The van der Waals surface area contributed by atoms with Crippen LogP contribution in [0.4, 0.5) is 0 Å². The minimum Gasteiger partial charge on any atom is -0.462 e. The van der Waals surface area contributed by atoms with E-state index < -0.39 is 243 Å². The molecule has 0 saturated carbocycles. The highest BCUT2D eigenvalue weighted by molar-refractivity contribution is 7.47. The molecule has 0 aromatic heterocycles. The third-order valence-corrected chi connectivity index (χ3v) is 23.1. The average molecular weight is 1810 g/mol. The summed E-state index contributed by atoms with van der Waals surface area (Å²) in [6.45, 7) is 2.31. The summed E-state index contributed by atoms with van der Waals surface area (Å²) in [5.74, 6) is -3.40. The number of phosphoric acid groups is 1. The van der Waals surface area contributed by atoms with Crippen LogP contribution < -0.4 is 21.3 Å². The zero-order valence-electron chi connectivity index (χ0n) is 73.0. The summed E-state index contributed by atoms with van der Waals surface area (Å²) >= 11 is 0. The number of carbonyl (C=O) groups is 6. The molecule has 0 aliphatic carbocycles. The quantitative estimate of drug-likeness (QED) is 0.0180. The molecule has 124 heavy (non-hydrogen) atoms. The summed E-state index contributed by atoms with van der Waals surface area (Å²) in [6.07, 6.45) is -4.50. The van der Waals surface area contributed by atoms with Gasteiger partial charge in [0, 0.05) is 52.6 Å². The Kier molecular flexibility index (Phi) is 55.0. The van der Waals surface area contributed by atoms with Crippen molar-refractivity contribution in [2.24, 2.45) is 0 Å². The van der Waals surface area contributed by atoms with Crippen molar-refractivity contribution in [2.75, 3.05) is 65.9 Å². The molecule has 1 unspecified atom stereocenters. The number of aliphatic hydroxyl groups excluding tert-OH is 13. The van der Waals surface area contributed by atoms with Crippen LogP contribution in [-0.2, 0) is 99.2 Å². The first-order valence-electron chi connectivity index (χ1n) is 44.9. The number of nitrogens with one attached hydrogen (secondary N) is 4. The fourth-order valence-electron chi connectivity index (χ4n) is 15.0. The molecule has 5 aliphatic heterocycles. The Hall–Kier alpha value is -4.51. The molecule has 0 radical (unpaired) electrons. The number of esters is 2. The number of hydrogen-bond donors (Lipinski definition) is 18. The summed E-state index contributed by atoms with van der Waals surface area (Å²) in [7, 11) is -4.77. The van der Waals surface area contributed by atoms with E-state index >= 15 is 0 Å². The van der Waals surface area contributed by atoms with E-state index in [0.29, 0.717) is 19.3 Å². The van der Waals surface area contributed by atoms with Gasteiger partial charge >= 0.3 is 19.8 Å². The third-order valence-electron chi connectivity index (χ3n) is 22.2. The largest absolute Gasteiger partial charge is 0.472 e. The second kappa shape index (κ2) is 61.9. The van der Waals surface area contributed by atoms with Gasteiger partial charge < -0.3 is 149 Å². The number of allylic oxidation sites excluding steroid dienone is 4. The van der Waals surface area contributed by atoms with Crippen molar-refractivity contribution >= 4 is 43.4 Å². The first kappa shape index (κ1) is 110. The number of amides is 4. The molecule has 5 aliphatic rings. The Morgan fingerprint density at radius 2 is 0.806 bits per heavy atom. The minimum atomic E-state index is -4.77. The van der Waals surface area contributed by atoms with Crippen molar-refractivity contribution in [3.63, 3.8) is 0 Å². The molecular weight excluding hydrogens is 1660 g/mol. The van der Waals surface area contributed by atoms with Gasteiger partial charge in [0.2, 0.25) is 23.6 Å². The van der Waals surface area contributed by atoms with Gasteiger partial charge in [-0.1, -0.05) is 141 Å². The van der Waals surface area contributed by atoms with Crippen LogP contribution in [0.1, 0.15) is 247 Å². The van der Waals surface area contributed by atoms with Gasteiger partial charge in [-0.2, -0.15) is 0 Å². The lowest BCUT2D eigenvalue weighted by Crippen LogP contribution is -2.70. The lowest BCUT2D eigenvalue weighted by atomic mass is 9.94. The van der Waals surface area contributed by atoms with Gasteiger partial charge in [0.15, 0.2) is 37.6 Å². The van der Waals surface area contributed by atoms with Crippen LogP contribution in [0.25, 0.3) is 0 Å². The molecule has 0 spiro atoms. The predicted octanol–water partition coefficient (Wildman–Crippen LogP) is 2.26. The first-order valence-corrected chi connectivity index (χ1v) is 46.4. The number of carbonyl (C=O) groups excluding carboxylic acids is 6. The van der Waals surface area contributed by atoms with E-state index in [1.54, 1.807) is 0 Å². The van der Waals surface area contributed by atoms with Crippen LogP contribution in [-0.4, -0.2) is 332 Å². The fourth-order valence-corrected chi connectivity index (χ4v) is 15.8. The summed E-state index contributed by atoms with van der Waals surface area (Å²) in [5, 5.41) is 153. The lowest BCUT2D eigenvalue weighted by molar-refractivity contribution is -0.388. The van der Waals surface area contributed by atoms with Crippen LogP contribution >= 0.6 is 7.82 Å². The number of rotatable bonds is 64. The second-order valence-corrected chi connectivity index (χ2v) is 34.0. The summed E-state index contributed by atoms with van der Waals surface area (Å²) in [5.41, 5.74) is 0. The fraction of sp³-hybridized carbons (Fsp3) is 0.881. The molecule has 27 atom stereocenters. The van der Waals surface area contributed by atoms with Crippen molar-refractivity contribution in [1.82, 2.24) is 21.3 Å². The topological polar surface area (TPSA) is 580 Å². The summed E-state index contributed by atoms with van der Waals surface area (Å²) < 4.78 is 93.3. The van der Waals surface area contributed by atoms with Crippen LogP contribution in [0.2, 0.25) is 0 Å². The van der Waals surface area contributed by atoms with E-state index in [0.717, 1.165) is 90.9 Å². The standard InChI is InChI=1S/C84H149N4O35P/c1-6-8-10-12-14-16-18-20-22-24-26-28-30-32-34-41-63(97)111-51-56(115-64(98)42-35-33-31-29-27-25-23-21-19-17-15-13-11-9-7-2)52-113-124(108,109)112-46-44-86-62(96)40-37-36-39-61(95)85-43-38-45-110-80-65(87-54(4)93)70(102)76(59(49-91)118-80)121-83-75(107)73(105)77(60(50-92)119-83)120-81-66(88-55(5)94)78(69(101)58(48-90)116-81)122-84-79(72(104)68(100)57(47-89)117-84)123-82-74(106)71(103)67(99)53(3)114-82/h20-23,53,56-60,65-84,89-92,99-107H,6-19,24-52H2,1-5H3,(H,85,95)(H,86,96)(H,87,93)(H,88,94)(H,108,109)/b22-20-,23-21-/t53-,56-,57+,58+,59+,60+,65+,66+,67+,68-,69+,70+,71+,72-,73+,74-,75+,76+,77-,78-,79+,80+,81-,82+,83-,84-/m0/s1. The Bertz CT molecular complexity index is 3060. The van der Waals surface area contributed by atoms with E-state index in [4.69, 9.17) is 65.9 Å². The number of unbranched alkanes of at least 4 members (excludes halogenated alkanes) is 23. The number of phosphoric ester groups is 1. The highest BCUT2D eigenvalue weighted by atomic mass is 31.2. The van der Waals surface area contributed by atoms with Crippen molar-refractivity contribution in [3.05, 3.63) is 24.3 Å². The van der Waals surface area contributed by atoms with Crippen LogP contribution in [0, 0.1) is 0 Å². The third kappa shape index (κ3) is 40.1. The molecule has 5 heterocycles. The van der Waals surface area contributed by atoms with E-state index in [1.165, 1.54) is 84.0 Å². The van der Waals surface area contributed by atoms with Gasteiger partial charge in [-0.15, -0.1) is 0 Å². The monoisotopic (exact) mass is 1800 g/mol. The number of ether oxygens (including phenoxy) is 12. The Morgan fingerprint density at radius 3 is 1.35 bits per heavy atom. The van der Waals surface area contributed by atoms with Gasteiger partial charge in [-0.05, 0) is 90.4 Å². The first-order chi connectivity index (χ1) is 59.5. The van der Waals surface area contributed by atoms with Crippen molar-refractivity contribution in [1.29, 1.82) is 0 Å². The average Bonchev–Trinajstić information content (AvgIpc) is 0.912. The Labute approximate surface area is 728 Å². The maximum absolute atomic E-state index is 13.0. The molecule has 5 saturated heterocycles. The van der Waals surface area contributed by atoms with Crippen LogP contribution in [0.15, 0.2) is 24.3 Å². The molecule has 0 aromatic rings. The van der Waals surface area contributed by atoms with Gasteiger partial charge in [0.1, 0.15) is 122 Å². The zero-order chi connectivity index (χ0) is 90.9. The van der Waals surface area contributed by atoms with E-state index in [-0.39, 0.29) is 64.1 Å². The molecule has 0 bridgehead atoms. The lowest BCUT2D eigenvalue weighted by Gasteiger charge is -2.51. The summed E-state index contributed by atoms with van der Waals surface area (Å²) in [4.78, 5) is 87.4. The molecule has 39 nitrogen and oxygen atoms in total. The highest BCUT2D eigenvalue weighted by Gasteiger charge is 2.58. The van der Waals surface area contributed by atoms with Gasteiger partial charge in [-0.3, -0.25) is 37.8 Å². The van der Waals surface area contributed by atoms with E-state index in [9.17, 15) is 105 Å². The van der Waals surface area contributed by atoms with Crippen molar-refractivity contribution in [3.8, 4) is 0 Å². The Balaban J connectivity index is 1.03. The molecule has 40 heteroatoms. The zero-order valence-corrected chi connectivity index (χ0v) is 73.9. The van der Waals surface area contributed by atoms with Crippen molar-refractivity contribution in [2.45, 2.75) is 406 Å². The summed E-state index contributed by atoms with van der Waals surface area (Å²) in [6, 6.07) is -3.21. The maximum Gasteiger partial charge on any atom is 0.472 e. The molecule has 5 rings (SSSR count). The number of hydrogen-bond acceptors (Lipinski definition) is 34. The predicted molar refractivity (Wildman–Crippen MR) is 443 cm³/mol. The SMILES string of the molecule is CCCCCCCC/C=C\CCCCCCCC(=O)OC[C@@H](COP(=O)(O)OCCNC(=O)CCCCC(=O)NCCCO[C@@H]1O[C@H](CO)[C@@H](O[C@@H]2O[C@H](CO)[C@H](O[C@@H]3O[C@H](CO)[C@@H](O)[C@@H](O[C@@H]4O[C@H](CO)[C@H](O)[C@H](O)[C@H]4O[C@H]4O[C@@H](C)[C@@H](O)[C@@H](O)[C@@H]4O)[C@H]3NC(C)=O)[C@H](O)[C@H]2O)[C@H](O)[C@H]1NC(C)=O)OC(=O)CCCCCCC/C=C\CCCCCCCC. The van der Waals surface area contributed by atoms with Crippen LogP contribution in [0.5, 0.6) is 0 Å². The van der Waals surface area contributed by atoms with E-state index in [1.807, 2.05) is 0 Å². The molecular formula is C84H149N4O35P. The molecule has 0 aromatic carbocycles. The maximum atomic E-state index is 13.0. The van der Waals surface area contributed by atoms with Gasteiger partial charge in [0.05, 0.1) is 52.4 Å².